The van der Waals surface area contributed by atoms with Crippen LogP contribution in [0.1, 0.15) is 12.5 Å². The lowest BCUT2D eigenvalue weighted by atomic mass is 10.2. The summed E-state index contributed by atoms with van der Waals surface area (Å²) < 4.78 is 20.6. The number of ether oxygens (including phenoxy) is 1. The molecule has 7 nitrogen and oxygen atoms in total. The van der Waals surface area contributed by atoms with E-state index in [1.807, 2.05) is 19.1 Å². The highest BCUT2D eigenvalue weighted by molar-refractivity contribution is 5.67. The van der Waals surface area contributed by atoms with Crippen LogP contribution in [-0.4, -0.2) is 31.2 Å². The van der Waals surface area contributed by atoms with Crippen LogP contribution in [0.3, 0.4) is 0 Å². The van der Waals surface area contributed by atoms with Gasteiger partial charge >= 0.3 is 0 Å². The van der Waals surface area contributed by atoms with Crippen molar-refractivity contribution in [2.24, 2.45) is 0 Å². The van der Waals surface area contributed by atoms with Crippen LogP contribution in [0.4, 0.5) is 10.2 Å². The summed E-state index contributed by atoms with van der Waals surface area (Å²) in [6, 6.07) is 10.0. The lowest BCUT2D eigenvalue weighted by Crippen LogP contribution is -2.04. The number of anilines is 1. The SMILES string of the molecule is CCOc1ccc(CNc2nccn3c(-c4cccc(F)c4)nnc23)cn1. The third kappa shape index (κ3) is 3.55. The molecule has 4 rings (SSSR count). The summed E-state index contributed by atoms with van der Waals surface area (Å²) in [7, 11) is 0. The Morgan fingerprint density at radius 2 is 2.07 bits per heavy atom. The Morgan fingerprint density at radius 1 is 1.15 bits per heavy atom. The van der Waals surface area contributed by atoms with Crippen LogP contribution in [0, 0.1) is 5.82 Å². The van der Waals surface area contributed by atoms with Gasteiger partial charge in [0.05, 0.1) is 6.61 Å². The van der Waals surface area contributed by atoms with Gasteiger partial charge in [-0.15, -0.1) is 10.2 Å². The van der Waals surface area contributed by atoms with Gasteiger partial charge in [0.1, 0.15) is 5.82 Å². The molecule has 0 spiro atoms. The van der Waals surface area contributed by atoms with E-state index in [-0.39, 0.29) is 5.82 Å². The summed E-state index contributed by atoms with van der Waals surface area (Å²) in [5, 5.41) is 11.6. The van der Waals surface area contributed by atoms with Crippen LogP contribution in [0.2, 0.25) is 0 Å². The Kier molecular flexibility index (Phi) is 4.61. The molecule has 0 aliphatic rings. The van der Waals surface area contributed by atoms with Gasteiger partial charge in [0, 0.05) is 36.8 Å². The zero-order valence-corrected chi connectivity index (χ0v) is 14.6. The molecule has 27 heavy (non-hydrogen) atoms. The van der Waals surface area contributed by atoms with Gasteiger partial charge in [0.25, 0.3) is 0 Å². The van der Waals surface area contributed by atoms with Crippen LogP contribution in [0.15, 0.2) is 55.0 Å². The number of nitrogens with one attached hydrogen (secondary N) is 1. The van der Waals surface area contributed by atoms with Gasteiger partial charge in [0.2, 0.25) is 11.5 Å². The van der Waals surface area contributed by atoms with Crippen molar-refractivity contribution >= 4 is 11.5 Å². The summed E-state index contributed by atoms with van der Waals surface area (Å²) in [5.41, 5.74) is 2.19. The van der Waals surface area contributed by atoms with E-state index in [1.165, 1.54) is 12.1 Å². The number of hydrogen-bond donors (Lipinski definition) is 1. The van der Waals surface area contributed by atoms with Crippen LogP contribution < -0.4 is 10.1 Å². The molecule has 0 fully saturated rings. The molecule has 0 aliphatic carbocycles. The smallest absolute Gasteiger partial charge is 0.213 e. The molecule has 136 valence electrons. The maximum Gasteiger partial charge on any atom is 0.213 e. The standard InChI is InChI=1S/C19H17FN6O/c1-2-27-16-7-6-13(11-22-16)12-23-17-19-25-24-18(26(19)9-8-21-17)14-4-3-5-15(20)10-14/h3-11H,2,12H2,1H3,(H,21,23). The van der Waals surface area contributed by atoms with Crippen molar-refractivity contribution in [1.29, 1.82) is 0 Å². The van der Waals surface area contributed by atoms with Crippen molar-refractivity contribution in [3.63, 3.8) is 0 Å². The molecule has 1 N–H and O–H groups in total. The van der Waals surface area contributed by atoms with Gasteiger partial charge in [0.15, 0.2) is 11.6 Å². The fourth-order valence-electron chi connectivity index (χ4n) is 2.71. The number of pyridine rings is 1. The molecule has 0 bridgehead atoms. The summed E-state index contributed by atoms with van der Waals surface area (Å²) >= 11 is 0. The van der Waals surface area contributed by atoms with Gasteiger partial charge in [-0.2, -0.15) is 0 Å². The molecule has 4 aromatic rings. The zero-order chi connectivity index (χ0) is 18.6. The van der Waals surface area contributed by atoms with E-state index in [0.29, 0.717) is 41.9 Å². The second-order valence-electron chi connectivity index (χ2n) is 5.79. The normalized spacial score (nSPS) is 10.9. The second kappa shape index (κ2) is 7.36. The molecule has 0 radical (unpaired) electrons. The molecule has 0 atom stereocenters. The number of halogens is 1. The van der Waals surface area contributed by atoms with E-state index in [0.717, 1.165) is 5.56 Å². The first-order valence-electron chi connectivity index (χ1n) is 8.52. The van der Waals surface area contributed by atoms with E-state index in [9.17, 15) is 4.39 Å². The third-order valence-corrected chi connectivity index (χ3v) is 3.96. The Labute approximate surface area is 154 Å². The predicted octanol–water partition coefficient (Wildman–Crippen LogP) is 3.34. The molecule has 0 saturated carbocycles. The fourth-order valence-corrected chi connectivity index (χ4v) is 2.71. The van der Waals surface area contributed by atoms with E-state index < -0.39 is 0 Å². The lowest BCUT2D eigenvalue weighted by molar-refractivity contribution is 0.326. The van der Waals surface area contributed by atoms with Crippen LogP contribution in [0.5, 0.6) is 5.88 Å². The molecule has 0 saturated heterocycles. The highest BCUT2D eigenvalue weighted by atomic mass is 19.1. The van der Waals surface area contributed by atoms with E-state index >= 15 is 0 Å². The summed E-state index contributed by atoms with van der Waals surface area (Å²) in [5.74, 6) is 1.41. The van der Waals surface area contributed by atoms with Gasteiger partial charge in [-0.25, -0.2) is 14.4 Å². The molecule has 1 aromatic carbocycles. The molecule has 3 heterocycles. The van der Waals surface area contributed by atoms with Crippen molar-refractivity contribution < 1.29 is 9.13 Å². The van der Waals surface area contributed by atoms with Crippen molar-refractivity contribution in [2.45, 2.75) is 13.5 Å². The number of benzene rings is 1. The predicted molar refractivity (Wildman–Crippen MR) is 98.9 cm³/mol. The van der Waals surface area contributed by atoms with E-state index in [4.69, 9.17) is 4.74 Å². The van der Waals surface area contributed by atoms with E-state index in [1.54, 1.807) is 35.1 Å². The number of hydrogen-bond acceptors (Lipinski definition) is 6. The first-order chi connectivity index (χ1) is 13.2. The van der Waals surface area contributed by atoms with Crippen molar-refractivity contribution in [3.05, 3.63) is 66.4 Å². The lowest BCUT2D eigenvalue weighted by Gasteiger charge is -2.08. The highest BCUT2D eigenvalue weighted by Gasteiger charge is 2.12. The van der Waals surface area contributed by atoms with E-state index in [2.05, 4.69) is 25.5 Å². The largest absolute Gasteiger partial charge is 0.478 e. The Hall–Kier alpha value is -3.55. The topological polar surface area (TPSA) is 77.2 Å². The minimum Gasteiger partial charge on any atom is -0.478 e. The van der Waals surface area contributed by atoms with Gasteiger partial charge in [-0.3, -0.25) is 4.40 Å². The quantitative estimate of drug-likeness (QED) is 0.565. The molecular formula is C19H17FN6O. The number of nitrogens with zero attached hydrogens (tertiary/aromatic N) is 5. The summed E-state index contributed by atoms with van der Waals surface area (Å²) in [6.07, 6.45) is 5.15. The Morgan fingerprint density at radius 3 is 2.85 bits per heavy atom. The number of aromatic nitrogens is 5. The molecule has 0 amide bonds. The molecule has 8 heteroatoms. The maximum atomic E-state index is 13.5. The van der Waals surface area contributed by atoms with Crippen molar-refractivity contribution in [2.75, 3.05) is 11.9 Å². The highest BCUT2D eigenvalue weighted by Crippen LogP contribution is 2.22. The number of fused-ring (bicyclic) bond motifs is 1. The van der Waals surface area contributed by atoms with Gasteiger partial charge in [-0.1, -0.05) is 18.2 Å². The van der Waals surface area contributed by atoms with Crippen LogP contribution in [0.25, 0.3) is 17.0 Å². The average Bonchev–Trinajstić information content (AvgIpc) is 3.12. The van der Waals surface area contributed by atoms with Gasteiger partial charge < -0.3 is 10.1 Å². The first-order valence-corrected chi connectivity index (χ1v) is 8.52. The van der Waals surface area contributed by atoms with Crippen LogP contribution in [-0.2, 0) is 6.54 Å². The molecule has 0 aliphatic heterocycles. The molecule has 0 unspecified atom stereocenters. The van der Waals surface area contributed by atoms with Crippen molar-refractivity contribution in [3.8, 4) is 17.3 Å². The minimum absolute atomic E-state index is 0.320. The molecule has 3 aromatic heterocycles. The Bertz CT molecular complexity index is 1060. The Balaban J connectivity index is 1.58. The second-order valence-corrected chi connectivity index (χ2v) is 5.79. The maximum absolute atomic E-state index is 13.5. The monoisotopic (exact) mass is 364 g/mol. The fraction of sp³-hybridized carbons (Fsp3) is 0.158. The minimum atomic E-state index is -0.320. The average molecular weight is 364 g/mol. The third-order valence-electron chi connectivity index (χ3n) is 3.96. The number of rotatable bonds is 6. The van der Waals surface area contributed by atoms with Crippen molar-refractivity contribution in [1.82, 2.24) is 24.6 Å². The van der Waals surface area contributed by atoms with Crippen LogP contribution >= 0.6 is 0 Å². The summed E-state index contributed by atoms with van der Waals surface area (Å²) in [4.78, 5) is 8.58. The zero-order valence-electron chi connectivity index (χ0n) is 14.6. The summed E-state index contributed by atoms with van der Waals surface area (Å²) in [6.45, 7) is 3.02. The first kappa shape index (κ1) is 16.9. The molecular weight excluding hydrogens is 347 g/mol. The van der Waals surface area contributed by atoms with Gasteiger partial charge in [-0.05, 0) is 24.6 Å².